The molecule has 1 aromatic heterocycles. The molecular formula is C33H35F2N5O5. The van der Waals surface area contributed by atoms with Crippen molar-refractivity contribution in [3.8, 4) is 23.1 Å². The summed E-state index contributed by atoms with van der Waals surface area (Å²) in [6, 6.07) is 12.6. The second kappa shape index (κ2) is 13.9. The third-order valence-corrected chi connectivity index (χ3v) is 8.02. The molecule has 2 amide bonds. The summed E-state index contributed by atoms with van der Waals surface area (Å²) in [5.41, 5.74) is -0.256. The highest BCUT2D eigenvalue weighted by Crippen LogP contribution is 2.43. The molecule has 1 fully saturated rings. The number of carbonyl (C=O) groups is 2. The van der Waals surface area contributed by atoms with Gasteiger partial charge in [-0.3, -0.25) is 9.59 Å². The zero-order chi connectivity index (χ0) is 32.0. The van der Waals surface area contributed by atoms with Gasteiger partial charge in [-0.2, -0.15) is 0 Å². The lowest BCUT2D eigenvalue weighted by atomic mass is 9.67. The molecule has 12 heteroatoms. The van der Waals surface area contributed by atoms with Crippen LogP contribution in [0.1, 0.15) is 33.1 Å². The van der Waals surface area contributed by atoms with Crippen LogP contribution in [-0.4, -0.2) is 60.0 Å². The smallest absolute Gasteiger partial charge is 0.240 e. The van der Waals surface area contributed by atoms with Crippen molar-refractivity contribution in [3.63, 3.8) is 0 Å². The molecule has 1 saturated carbocycles. The van der Waals surface area contributed by atoms with Gasteiger partial charge in [0.1, 0.15) is 24.2 Å². The van der Waals surface area contributed by atoms with E-state index in [9.17, 15) is 14.0 Å². The van der Waals surface area contributed by atoms with Gasteiger partial charge >= 0.3 is 0 Å². The molecule has 4 aromatic rings. The lowest BCUT2D eigenvalue weighted by molar-refractivity contribution is -0.142. The number of benzene rings is 3. The number of rotatable bonds is 13. The molecule has 1 aliphatic rings. The van der Waals surface area contributed by atoms with Crippen LogP contribution < -0.4 is 24.8 Å². The molecule has 2 N–H and O–H groups in total. The summed E-state index contributed by atoms with van der Waals surface area (Å²) < 4.78 is 45.9. The number of aromatic nitrogens is 2. The molecule has 0 bridgehead atoms. The number of anilines is 2. The van der Waals surface area contributed by atoms with Crippen molar-refractivity contribution in [2.75, 3.05) is 44.0 Å². The fraction of sp³-hybridized carbons (Fsp3) is 0.333. The van der Waals surface area contributed by atoms with Crippen molar-refractivity contribution in [1.29, 1.82) is 0 Å². The fourth-order valence-electron chi connectivity index (χ4n) is 5.11. The van der Waals surface area contributed by atoms with Crippen molar-refractivity contribution in [1.82, 2.24) is 14.9 Å². The first kappa shape index (κ1) is 31.6. The highest BCUT2D eigenvalue weighted by Gasteiger charge is 2.50. The predicted octanol–water partition coefficient (Wildman–Crippen LogP) is 6.18. The van der Waals surface area contributed by atoms with Crippen LogP contribution in [0.2, 0.25) is 0 Å². The largest absolute Gasteiger partial charge is 0.493 e. The average molecular weight is 620 g/mol. The maximum Gasteiger partial charge on any atom is 0.240 e. The standard InChI is InChI=1S/C33H35F2N5O5/c1-4-40(5-2)15-16-44-29-19-26-24(18-28(29)43-3)30(37-20-36-26)45-27-12-11-23(17-25(27)35)39-32(42)33(13-6-14-33)31(41)38-22-9-7-21(34)8-10-22/h7-12,17-20H,4-6,13-16H2,1-3H3,(H,38,41)(H,39,42). The van der Waals surface area contributed by atoms with Crippen LogP contribution in [0.3, 0.4) is 0 Å². The van der Waals surface area contributed by atoms with E-state index >= 15 is 4.39 Å². The number of carbonyl (C=O) groups excluding carboxylic acids is 2. The Hall–Kier alpha value is -4.84. The average Bonchev–Trinajstić information content (AvgIpc) is 3.01. The first-order valence-corrected chi connectivity index (χ1v) is 14.8. The molecule has 0 spiro atoms. The zero-order valence-electron chi connectivity index (χ0n) is 25.4. The molecule has 45 heavy (non-hydrogen) atoms. The Morgan fingerprint density at radius 3 is 2.20 bits per heavy atom. The monoisotopic (exact) mass is 619 g/mol. The van der Waals surface area contributed by atoms with Gasteiger partial charge in [0.15, 0.2) is 23.1 Å². The van der Waals surface area contributed by atoms with Gasteiger partial charge in [-0.15, -0.1) is 0 Å². The third kappa shape index (κ3) is 6.96. The van der Waals surface area contributed by atoms with Crippen molar-refractivity contribution >= 4 is 34.1 Å². The van der Waals surface area contributed by atoms with E-state index in [1.165, 1.54) is 49.8 Å². The summed E-state index contributed by atoms with van der Waals surface area (Å²) in [7, 11) is 1.52. The number of hydrogen-bond acceptors (Lipinski definition) is 8. The third-order valence-electron chi connectivity index (χ3n) is 8.02. The summed E-state index contributed by atoms with van der Waals surface area (Å²) in [6.45, 7) is 7.25. The molecule has 10 nitrogen and oxygen atoms in total. The molecule has 1 heterocycles. The highest BCUT2D eigenvalue weighted by atomic mass is 19.1. The second-order valence-corrected chi connectivity index (χ2v) is 10.7. The van der Waals surface area contributed by atoms with Crippen LogP contribution in [0.4, 0.5) is 20.2 Å². The minimum absolute atomic E-state index is 0.106. The van der Waals surface area contributed by atoms with Gasteiger partial charge in [-0.1, -0.05) is 20.3 Å². The summed E-state index contributed by atoms with van der Waals surface area (Å²) in [5.74, 6) is -1.29. The van der Waals surface area contributed by atoms with E-state index in [0.717, 1.165) is 25.7 Å². The lowest BCUT2D eigenvalue weighted by Crippen LogP contribution is -2.50. The Balaban J connectivity index is 1.29. The van der Waals surface area contributed by atoms with Crippen LogP contribution >= 0.6 is 0 Å². The highest BCUT2D eigenvalue weighted by molar-refractivity contribution is 6.15. The fourth-order valence-corrected chi connectivity index (χ4v) is 5.11. The maximum atomic E-state index is 15.3. The normalized spacial score (nSPS) is 13.6. The van der Waals surface area contributed by atoms with Gasteiger partial charge in [0.05, 0.1) is 18.0 Å². The second-order valence-electron chi connectivity index (χ2n) is 10.7. The van der Waals surface area contributed by atoms with E-state index in [4.69, 9.17) is 14.2 Å². The van der Waals surface area contributed by atoms with Gasteiger partial charge in [-0.05, 0) is 68.4 Å². The predicted molar refractivity (Wildman–Crippen MR) is 166 cm³/mol. The first-order chi connectivity index (χ1) is 21.8. The summed E-state index contributed by atoms with van der Waals surface area (Å²) >= 11 is 0. The Labute approximate surface area is 259 Å². The number of likely N-dealkylation sites (N-methyl/N-ethyl adjacent to an activating group) is 1. The van der Waals surface area contributed by atoms with E-state index in [1.54, 1.807) is 12.1 Å². The number of nitrogens with zero attached hydrogens (tertiary/aromatic N) is 3. The Morgan fingerprint density at radius 2 is 1.58 bits per heavy atom. The number of halogens is 2. The van der Waals surface area contributed by atoms with E-state index in [-0.39, 0.29) is 17.3 Å². The van der Waals surface area contributed by atoms with Gasteiger partial charge in [0.2, 0.25) is 17.7 Å². The molecule has 0 radical (unpaired) electrons. The van der Waals surface area contributed by atoms with Gasteiger partial charge < -0.3 is 29.7 Å². The van der Waals surface area contributed by atoms with Crippen LogP contribution in [0.15, 0.2) is 60.9 Å². The number of hydrogen-bond donors (Lipinski definition) is 2. The molecule has 0 unspecified atom stereocenters. The molecule has 5 rings (SSSR count). The summed E-state index contributed by atoms with van der Waals surface area (Å²) in [5, 5.41) is 5.83. The summed E-state index contributed by atoms with van der Waals surface area (Å²) in [4.78, 5) is 37.0. The molecule has 0 atom stereocenters. The summed E-state index contributed by atoms with van der Waals surface area (Å²) in [6.07, 6.45) is 2.67. The molecule has 1 aliphatic carbocycles. The van der Waals surface area contributed by atoms with Crippen LogP contribution in [0.5, 0.6) is 23.1 Å². The molecule has 236 valence electrons. The number of amides is 2. The van der Waals surface area contributed by atoms with E-state index in [0.29, 0.717) is 54.0 Å². The quantitative estimate of drug-likeness (QED) is 0.171. The number of fused-ring (bicyclic) bond motifs is 1. The van der Waals surface area contributed by atoms with Gasteiger partial charge in [-0.25, -0.2) is 18.7 Å². The van der Waals surface area contributed by atoms with Crippen LogP contribution in [0.25, 0.3) is 10.9 Å². The van der Waals surface area contributed by atoms with E-state index in [2.05, 4.69) is 39.3 Å². The number of methoxy groups -OCH3 is 1. The topological polar surface area (TPSA) is 115 Å². The Bertz CT molecular complexity index is 1680. The van der Waals surface area contributed by atoms with Crippen molar-refractivity contribution in [2.45, 2.75) is 33.1 Å². The number of nitrogens with one attached hydrogen (secondary N) is 2. The molecule has 0 saturated heterocycles. The Kier molecular flexibility index (Phi) is 9.72. The minimum atomic E-state index is -1.31. The van der Waals surface area contributed by atoms with Crippen molar-refractivity contribution in [3.05, 3.63) is 72.6 Å². The minimum Gasteiger partial charge on any atom is -0.493 e. The van der Waals surface area contributed by atoms with E-state index < -0.39 is 28.9 Å². The maximum absolute atomic E-state index is 15.3. The van der Waals surface area contributed by atoms with Crippen molar-refractivity contribution in [2.24, 2.45) is 5.41 Å². The van der Waals surface area contributed by atoms with Crippen LogP contribution in [-0.2, 0) is 9.59 Å². The Morgan fingerprint density at radius 1 is 0.889 bits per heavy atom. The SMILES string of the molecule is CCN(CC)CCOc1cc2ncnc(Oc3ccc(NC(=O)C4(C(=O)Nc5ccc(F)cc5)CCC4)cc3F)c2cc1OC. The molecular weight excluding hydrogens is 584 g/mol. The van der Waals surface area contributed by atoms with Crippen LogP contribution in [0, 0.1) is 17.0 Å². The number of ether oxygens (including phenoxy) is 3. The van der Waals surface area contributed by atoms with E-state index in [1.807, 2.05) is 0 Å². The van der Waals surface area contributed by atoms with Crippen molar-refractivity contribution < 1.29 is 32.6 Å². The molecule has 0 aliphatic heterocycles. The van der Waals surface area contributed by atoms with Gasteiger partial charge in [0.25, 0.3) is 0 Å². The first-order valence-electron chi connectivity index (χ1n) is 14.8. The van der Waals surface area contributed by atoms with Gasteiger partial charge in [0, 0.05) is 30.1 Å². The lowest BCUT2D eigenvalue weighted by Gasteiger charge is -2.38. The molecule has 3 aromatic carbocycles. The zero-order valence-corrected chi connectivity index (χ0v) is 25.4.